The van der Waals surface area contributed by atoms with Gasteiger partial charge in [0.2, 0.25) is 5.69 Å². The third-order valence-corrected chi connectivity index (χ3v) is 3.48. The summed E-state index contributed by atoms with van der Waals surface area (Å²) in [6.07, 6.45) is 1.64. The van der Waals surface area contributed by atoms with Crippen molar-refractivity contribution in [1.82, 2.24) is 4.98 Å². The fourth-order valence-electron chi connectivity index (χ4n) is 2.33. The van der Waals surface area contributed by atoms with E-state index in [9.17, 15) is 9.65 Å². The minimum atomic E-state index is -0.575. The molecule has 0 radical (unpaired) electrons. The summed E-state index contributed by atoms with van der Waals surface area (Å²) < 4.78 is 13.5. The standard InChI is InChI=1S/C19H10FN3/c1-22-18-10-14(7-8-17(18)20)16-9-15(12-23-19(16)11-21)13-5-3-2-4-6-13/h2-10,12H. The molecule has 2 aromatic carbocycles. The normalized spacial score (nSPS) is 9.87. The smallest absolute Gasteiger partial charge is 0.222 e. The maximum absolute atomic E-state index is 13.5. The molecule has 23 heavy (non-hydrogen) atoms. The lowest BCUT2D eigenvalue weighted by molar-refractivity contribution is 0.634. The molecular formula is C19H10FN3. The summed E-state index contributed by atoms with van der Waals surface area (Å²) in [5, 5.41) is 9.28. The summed E-state index contributed by atoms with van der Waals surface area (Å²) in [4.78, 5) is 7.36. The van der Waals surface area contributed by atoms with Crippen LogP contribution >= 0.6 is 0 Å². The predicted molar refractivity (Wildman–Crippen MR) is 86.0 cm³/mol. The Morgan fingerprint density at radius 2 is 1.78 bits per heavy atom. The van der Waals surface area contributed by atoms with Gasteiger partial charge in [-0.2, -0.15) is 5.26 Å². The monoisotopic (exact) mass is 299 g/mol. The van der Waals surface area contributed by atoms with Crippen LogP contribution in [0.25, 0.3) is 27.1 Å². The molecule has 0 fully saturated rings. The van der Waals surface area contributed by atoms with Crippen molar-refractivity contribution in [2.75, 3.05) is 0 Å². The molecule has 3 nitrogen and oxygen atoms in total. The van der Waals surface area contributed by atoms with E-state index in [-0.39, 0.29) is 11.4 Å². The average Bonchev–Trinajstić information content (AvgIpc) is 2.62. The molecule has 108 valence electrons. The Morgan fingerprint density at radius 1 is 1.00 bits per heavy atom. The quantitative estimate of drug-likeness (QED) is 0.626. The van der Waals surface area contributed by atoms with E-state index in [4.69, 9.17) is 6.57 Å². The largest absolute Gasteiger partial charge is 0.244 e. The van der Waals surface area contributed by atoms with Crippen LogP contribution in [-0.4, -0.2) is 4.98 Å². The molecule has 0 N–H and O–H groups in total. The fourth-order valence-corrected chi connectivity index (χ4v) is 2.33. The number of hydrogen-bond donors (Lipinski definition) is 0. The van der Waals surface area contributed by atoms with Crippen LogP contribution in [0.4, 0.5) is 10.1 Å². The number of nitriles is 1. The molecule has 0 aliphatic heterocycles. The molecule has 4 heteroatoms. The third-order valence-electron chi connectivity index (χ3n) is 3.48. The molecule has 3 aromatic rings. The van der Waals surface area contributed by atoms with E-state index in [1.54, 1.807) is 12.3 Å². The van der Waals surface area contributed by atoms with Gasteiger partial charge < -0.3 is 0 Å². The second-order valence-electron chi connectivity index (χ2n) is 4.88. The summed E-state index contributed by atoms with van der Waals surface area (Å²) in [5.41, 5.74) is 3.17. The van der Waals surface area contributed by atoms with Crippen molar-refractivity contribution in [3.63, 3.8) is 0 Å². The van der Waals surface area contributed by atoms with Gasteiger partial charge in [0, 0.05) is 17.3 Å². The fraction of sp³-hybridized carbons (Fsp3) is 0. The molecule has 1 aromatic heterocycles. The van der Waals surface area contributed by atoms with E-state index in [1.807, 2.05) is 42.5 Å². The summed E-state index contributed by atoms with van der Waals surface area (Å²) in [6.45, 7) is 7.02. The van der Waals surface area contributed by atoms with Crippen LogP contribution < -0.4 is 0 Å². The van der Waals surface area contributed by atoms with E-state index in [0.717, 1.165) is 11.1 Å². The first-order valence-electron chi connectivity index (χ1n) is 6.86. The van der Waals surface area contributed by atoms with Gasteiger partial charge in [-0.1, -0.05) is 36.4 Å². The van der Waals surface area contributed by atoms with Gasteiger partial charge in [0.15, 0.2) is 0 Å². The molecule has 1 heterocycles. The number of aromatic nitrogens is 1. The molecule has 0 aliphatic carbocycles. The Balaban J connectivity index is 2.19. The van der Waals surface area contributed by atoms with Gasteiger partial charge in [0.1, 0.15) is 17.6 Å². The third kappa shape index (κ3) is 2.79. The average molecular weight is 299 g/mol. The summed E-state index contributed by atoms with van der Waals surface area (Å²) in [7, 11) is 0. The summed E-state index contributed by atoms with van der Waals surface area (Å²) >= 11 is 0. The molecule has 0 amide bonds. The molecular weight excluding hydrogens is 289 g/mol. The van der Waals surface area contributed by atoms with Crippen LogP contribution in [0.15, 0.2) is 60.8 Å². The number of benzene rings is 2. The first kappa shape index (κ1) is 14.4. The Kier molecular flexibility index (Phi) is 3.82. The molecule has 0 unspecified atom stereocenters. The summed E-state index contributed by atoms with van der Waals surface area (Å²) in [6, 6.07) is 17.8. The van der Waals surface area contributed by atoms with Crippen LogP contribution in [-0.2, 0) is 0 Å². The molecule has 0 bridgehead atoms. The molecule has 0 atom stereocenters. The van der Waals surface area contributed by atoms with Gasteiger partial charge in [-0.05, 0) is 29.3 Å². The lowest BCUT2D eigenvalue weighted by Crippen LogP contribution is -1.91. The zero-order valence-electron chi connectivity index (χ0n) is 12.0. The first-order valence-corrected chi connectivity index (χ1v) is 6.86. The Labute approximate surface area is 133 Å². The Hall–Kier alpha value is -3.50. The molecule has 0 saturated carbocycles. The number of pyridine rings is 1. The Bertz CT molecular complexity index is 951. The van der Waals surface area contributed by atoms with E-state index >= 15 is 0 Å². The highest BCUT2D eigenvalue weighted by molar-refractivity contribution is 5.77. The topological polar surface area (TPSA) is 41.0 Å². The minimum absolute atomic E-state index is 0.0727. The molecule has 0 saturated heterocycles. The second-order valence-corrected chi connectivity index (χ2v) is 4.88. The van der Waals surface area contributed by atoms with Crippen LogP contribution in [0.5, 0.6) is 0 Å². The number of halogens is 1. The van der Waals surface area contributed by atoms with Crippen molar-refractivity contribution in [2.24, 2.45) is 0 Å². The van der Waals surface area contributed by atoms with Gasteiger partial charge in [-0.3, -0.25) is 0 Å². The SMILES string of the molecule is [C-]#[N+]c1cc(-c2cc(-c3ccccc3)cnc2C#N)ccc1F. The van der Waals surface area contributed by atoms with Gasteiger partial charge >= 0.3 is 0 Å². The minimum Gasteiger partial charge on any atom is -0.244 e. The lowest BCUT2D eigenvalue weighted by Gasteiger charge is -2.08. The number of nitrogens with zero attached hydrogens (tertiary/aromatic N) is 3. The number of hydrogen-bond acceptors (Lipinski definition) is 2. The molecule has 0 aliphatic rings. The van der Waals surface area contributed by atoms with Crippen molar-refractivity contribution >= 4 is 5.69 Å². The maximum Gasteiger partial charge on any atom is 0.222 e. The Morgan fingerprint density at radius 3 is 2.48 bits per heavy atom. The maximum atomic E-state index is 13.5. The van der Waals surface area contributed by atoms with Gasteiger partial charge in [-0.15, -0.1) is 0 Å². The van der Waals surface area contributed by atoms with E-state index in [0.29, 0.717) is 11.1 Å². The van der Waals surface area contributed by atoms with Crippen molar-refractivity contribution in [2.45, 2.75) is 0 Å². The van der Waals surface area contributed by atoms with Crippen molar-refractivity contribution in [1.29, 1.82) is 5.26 Å². The molecule has 0 spiro atoms. The zero-order chi connectivity index (χ0) is 16.2. The summed E-state index contributed by atoms with van der Waals surface area (Å²) in [5.74, 6) is -0.575. The molecule has 3 rings (SSSR count). The van der Waals surface area contributed by atoms with Crippen LogP contribution in [0.2, 0.25) is 0 Å². The van der Waals surface area contributed by atoms with Gasteiger partial charge in [-0.25, -0.2) is 14.2 Å². The van der Waals surface area contributed by atoms with Crippen molar-refractivity contribution < 1.29 is 4.39 Å². The van der Waals surface area contributed by atoms with E-state index in [2.05, 4.69) is 9.83 Å². The van der Waals surface area contributed by atoms with E-state index in [1.165, 1.54) is 12.1 Å². The van der Waals surface area contributed by atoms with Gasteiger partial charge in [0.05, 0.1) is 6.57 Å². The lowest BCUT2D eigenvalue weighted by atomic mass is 9.99. The number of rotatable bonds is 2. The van der Waals surface area contributed by atoms with Crippen LogP contribution in [0.3, 0.4) is 0 Å². The van der Waals surface area contributed by atoms with Crippen molar-refractivity contribution in [3.8, 4) is 28.3 Å². The van der Waals surface area contributed by atoms with Gasteiger partial charge in [0.25, 0.3) is 0 Å². The predicted octanol–water partition coefficient (Wildman–Crippen LogP) is 4.98. The highest BCUT2D eigenvalue weighted by Gasteiger charge is 2.11. The van der Waals surface area contributed by atoms with Crippen LogP contribution in [0, 0.1) is 23.7 Å². The highest BCUT2D eigenvalue weighted by Crippen LogP contribution is 2.31. The van der Waals surface area contributed by atoms with Crippen LogP contribution in [0.1, 0.15) is 5.69 Å². The van der Waals surface area contributed by atoms with Crippen molar-refractivity contribution in [3.05, 3.63) is 83.7 Å². The first-order chi connectivity index (χ1) is 11.2. The highest BCUT2D eigenvalue weighted by atomic mass is 19.1. The van der Waals surface area contributed by atoms with E-state index < -0.39 is 5.82 Å². The zero-order valence-corrected chi connectivity index (χ0v) is 12.0. The second kappa shape index (κ2) is 6.09.